The average Bonchev–Trinajstić information content (AvgIpc) is 2.46. The summed E-state index contributed by atoms with van der Waals surface area (Å²) in [6.07, 6.45) is 0. The molecule has 0 radical (unpaired) electrons. The summed E-state index contributed by atoms with van der Waals surface area (Å²) in [5.74, 6) is 0.876. The number of oxime groups is 1. The van der Waals surface area contributed by atoms with Crippen molar-refractivity contribution in [2.24, 2.45) is 16.8 Å². The Hall–Kier alpha value is -1.75. The van der Waals surface area contributed by atoms with E-state index in [9.17, 15) is 0 Å². The molecule has 0 aliphatic carbocycles. The Morgan fingerprint density at radius 3 is 2.52 bits per heavy atom. The molecule has 3 N–H and O–H groups in total. The second-order valence-electron chi connectivity index (χ2n) is 6.14. The lowest BCUT2D eigenvalue weighted by atomic mass is 10.0. The SMILES string of the molecule is Cc1cccc(/C(N)=N/O)c1N1CCN(CC(C)C)CC1. The number of hydrogen-bond donors (Lipinski definition) is 2. The molecule has 116 valence electrons. The smallest absolute Gasteiger partial charge is 0.172 e. The number of nitrogens with two attached hydrogens (primary N) is 1. The number of aryl methyl sites for hydroxylation is 1. The first-order valence-electron chi connectivity index (χ1n) is 7.57. The van der Waals surface area contributed by atoms with E-state index in [0.717, 1.165) is 49.5 Å². The van der Waals surface area contributed by atoms with Gasteiger partial charge in [-0.05, 0) is 24.5 Å². The summed E-state index contributed by atoms with van der Waals surface area (Å²) in [4.78, 5) is 4.85. The van der Waals surface area contributed by atoms with Gasteiger partial charge in [0.2, 0.25) is 0 Å². The van der Waals surface area contributed by atoms with Crippen LogP contribution in [0.1, 0.15) is 25.0 Å². The summed E-state index contributed by atoms with van der Waals surface area (Å²) in [6, 6.07) is 5.93. The molecule has 0 aromatic heterocycles. The van der Waals surface area contributed by atoms with E-state index in [4.69, 9.17) is 10.9 Å². The third-order valence-corrected chi connectivity index (χ3v) is 3.93. The molecule has 1 aliphatic heterocycles. The Bertz CT molecular complexity index is 505. The molecule has 5 nitrogen and oxygen atoms in total. The Balaban J connectivity index is 2.17. The number of amidine groups is 1. The summed E-state index contributed by atoms with van der Waals surface area (Å²) >= 11 is 0. The summed E-state index contributed by atoms with van der Waals surface area (Å²) < 4.78 is 0. The van der Waals surface area contributed by atoms with Crippen molar-refractivity contribution in [3.8, 4) is 0 Å². The van der Waals surface area contributed by atoms with E-state index in [-0.39, 0.29) is 5.84 Å². The maximum absolute atomic E-state index is 8.98. The van der Waals surface area contributed by atoms with Gasteiger partial charge in [-0.3, -0.25) is 4.90 Å². The molecule has 1 saturated heterocycles. The van der Waals surface area contributed by atoms with Crippen LogP contribution in [0.3, 0.4) is 0 Å². The number of benzene rings is 1. The third-order valence-electron chi connectivity index (χ3n) is 3.93. The summed E-state index contributed by atoms with van der Waals surface area (Å²) in [6.45, 7) is 11.8. The van der Waals surface area contributed by atoms with Crippen molar-refractivity contribution in [3.05, 3.63) is 29.3 Å². The first-order chi connectivity index (χ1) is 10.0. The Morgan fingerprint density at radius 1 is 1.29 bits per heavy atom. The molecule has 1 heterocycles. The second kappa shape index (κ2) is 6.80. The molecular weight excluding hydrogens is 264 g/mol. The van der Waals surface area contributed by atoms with Crippen molar-refractivity contribution >= 4 is 11.5 Å². The lowest BCUT2D eigenvalue weighted by Crippen LogP contribution is -2.48. The van der Waals surface area contributed by atoms with Crippen molar-refractivity contribution in [1.82, 2.24) is 4.90 Å². The highest BCUT2D eigenvalue weighted by molar-refractivity contribution is 6.02. The number of anilines is 1. The maximum Gasteiger partial charge on any atom is 0.172 e. The fraction of sp³-hybridized carbons (Fsp3) is 0.562. The van der Waals surface area contributed by atoms with Crippen LogP contribution in [0, 0.1) is 12.8 Å². The van der Waals surface area contributed by atoms with E-state index in [2.05, 4.69) is 41.8 Å². The zero-order valence-corrected chi connectivity index (χ0v) is 13.2. The molecule has 0 atom stereocenters. The minimum atomic E-state index is 0.179. The molecule has 1 aromatic carbocycles. The van der Waals surface area contributed by atoms with Crippen LogP contribution in [0.5, 0.6) is 0 Å². The third kappa shape index (κ3) is 3.67. The van der Waals surface area contributed by atoms with Gasteiger partial charge in [0.1, 0.15) is 0 Å². The quantitative estimate of drug-likeness (QED) is 0.384. The van der Waals surface area contributed by atoms with E-state index in [1.165, 1.54) is 0 Å². The molecule has 0 bridgehead atoms. The van der Waals surface area contributed by atoms with Crippen LogP contribution in [0.2, 0.25) is 0 Å². The minimum Gasteiger partial charge on any atom is -0.409 e. The molecule has 1 fully saturated rings. The van der Waals surface area contributed by atoms with Crippen LogP contribution in [0.15, 0.2) is 23.4 Å². The van der Waals surface area contributed by atoms with Gasteiger partial charge in [0.15, 0.2) is 5.84 Å². The van der Waals surface area contributed by atoms with Crippen molar-refractivity contribution < 1.29 is 5.21 Å². The second-order valence-corrected chi connectivity index (χ2v) is 6.14. The van der Waals surface area contributed by atoms with Gasteiger partial charge >= 0.3 is 0 Å². The van der Waals surface area contributed by atoms with E-state index < -0.39 is 0 Å². The average molecular weight is 290 g/mol. The van der Waals surface area contributed by atoms with Crippen molar-refractivity contribution in [3.63, 3.8) is 0 Å². The molecule has 0 unspecified atom stereocenters. The molecule has 0 amide bonds. The lowest BCUT2D eigenvalue weighted by Gasteiger charge is -2.38. The van der Waals surface area contributed by atoms with Gasteiger partial charge < -0.3 is 15.8 Å². The molecule has 0 spiro atoms. The van der Waals surface area contributed by atoms with Crippen LogP contribution >= 0.6 is 0 Å². The monoisotopic (exact) mass is 290 g/mol. The van der Waals surface area contributed by atoms with Gasteiger partial charge in [0.05, 0.1) is 5.69 Å². The number of para-hydroxylation sites is 1. The molecule has 5 heteroatoms. The summed E-state index contributed by atoms with van der Waals surface area (Å²) in [5, 5.41) is 12.1. The number of piperazine rings is 1. The van der Waals surface area contributed by atoms with Crippen molar-refractivity contribution in [1.29, 1.82) is 0 Å². The number of nitrogens with zero attached hydrogens (tertiary/aromatic N) is 3. The molecule has 0 saturated carbocycles. The normalized spacial score (nSPS) is 17.5. The van der Waals surface area contributed by atoms with E-state index in [1.807, 2.05) is 12.1 Å². The highest BCUT2D eigenvalue weighted by Gasteiger charge is 2.22. The number of rotatable bonds is 4. The number of hydrogen-bond acceptors (Lipinski definition) is 4. The maximum atomic E-state index is 8.98. The Kier molecular flexibility index (Phi) is 5.07. The predicted octanol–water partition coefficient (Wildman–Crippen LogP) is 1.87. The van der Waals surface area contributed by atoms with E-state index in [1.54, 1.807) is 0 Å². The summed E-state index contributed by atoms with van der Waals surface area (Å²) in [7, 11) is 0. The molecule has 2 rings (SSSR count). The Morgan fingerprint density at radius 2 is 1.95 bits per heavy atom. The molecule has 1 aliphatic rings. The van der Waals surface area contributed by atoms with Crippen LogP contribution in [-0.4, -0.2) is 48.7 Å². The predicted molar refractivity (Wildman–Crippen MR) is 87.2 cm³/mol. The molecule has 1 aromatic rings. The highest BCUT2D eigenvalue weighted by atomic mass is 16.4. The molecule has 21 heavy (non-hydrogen) atoms. The minimum absolute atomic E-state index is 0.179. The first-order valence-corrected chi connectivity index (χ1v) is 7.57. The van der Waals surface area contributed by atoms with Gasteiger partial charge in [-0.2, -0.15) is 0 Å². The van der Waals surface area contributed by atoms with Gasteiger partial charge in [-0.15, -0.1) is 0 Å². The van der Waals surface area contributed by atoms with Gasteiger partial charge in [-0.1, -0.05) is 31.1 Å². The lowest BCUT2D eigenvalue weighted by molar-refractivity contribution is 0.231. The fourth-order valence-corrected chi connectivity index (χ4v) is 3.01. The van der Waals surface area contributed by atoms with Crippen LogP contribution < -0.4 is 10.6 Å². The zero-order valence-electron chi connectivity index (χ0n) is 13.2. The van der Waals surface area contributed by atoms with E-state index >= 15 is 0 Å². The van der Waals surface area contributed by atoms with Crippen molar-refractivity contribution in [2.75, 3.05) is 37.6 Å². The Labute approximate surface area is 127 Å². The van der Waals surface area contributed by atoms with Gasteiger partial charge in [0.25, 0.3) is 0 Å². The standard InChI is InChI=1S/C16H26N4O/c1-12(2)11-19-7-9-20(10-8-19)15-13(3)5-4-6-14(15)16(17)18-21/h4-6,12,21H,7-11H2,1-3H3,(H2,17,18). The van der Waals surface area contributed by atoms with E-state index in [0.29, 0.717) is 5.92 Å². The van der Waals surface area contributed by atoms with Crippen LogP contribution in [0.4, 0.5) is 5.69 Å². The van der Waals surface area contributed by atoms with Crippen LogP contribution in [0.25, 0.3) is 0 Å². The van der Waals surface area contributed by atoms with Gasteiger partial charge in [0, 0.05) is 38.3 Å². The zero-order chi connectivity index (χ0) is 15.4. The van der Waals surface area contributed by atoms with Crippen molar-refractivity contribution in [2.45, 2.75) is 20.8 Å². The topological polar surface area (TPSA) is 65.1 Å². The summed E-state index contributed by atoms with van der Waals surface area (Å²) in [5.41, 5.74) is 8.90. The largest absolute Gasteiger partial charge is 0.409 e. The first kappa shape index (κ1) is 15.6. The molecular formula is C16H26N4O. The highest BCUT2D eigenvalue weighted by Crippen LogP contribution is 2.26. The fourth-order valence-electron chi connectivity index (χ4n) is 3.01. The van der Waals surface area contributed by atoms with Crippen LogP contribution in [-0.2, 0) is 0 Å². The van der Waals surface area contributed by atoms with Gasteiger partial charge in [-0.25, -0.2) is 0 Å².